The Morgan fingerprint density at radius 2 is 0.507 bits per heavy atom. The summed E-state index contributed by atoms with van der Waals surface area (Å²) in [7, 11) is 43.1. The van der Waals surface area contributed by atoms with E-state index in [0.29, 0.717) is 0 Å². The van der Waals surface area contributed by atoms with E-state index >= 15 is 0 Å². The molecule has 0 N–H and O–H groups in total. The number of halogens is 10. The third-order valence-corrected chi connectivity index (χ3v) is 66.3. The molecule has 0 radical (unpaired) electrons. The second-order valence-corrected chi connectivity index (χ2v) is 93.1. The van der Waals surface area contributed by atoms with Crippen LogP contribution in [0.15, 0.2) is 194 Å². The fourth-order valence-electron chi connectivity index (χ4n) is 32.4. The molecule has 18 rings (SSSR count). The van der Waals surface area contributed by atoms with Gasteiger partial charge in [-0.1, -0.05) is 448 Å². The van der Waals surface area contributed by atoms with Crippen LogP contribution in [0, 0.1) is 193 Å². The van der Waals surface area contributed by atoms with Crippen LogP contribution in [-0.4, -0.2) is 52.6 Å². The molecular weight excluding hydrogens is 2490 g/mol. The molecule has 0 aromatic rings. The summed E-state index contributed by atoms with van der Waals surface area (Å²) in [5.74, 6) is 17.3. The second kappa shape index (κ2) is 80.2. The monoisotopic (exact) mass is 2700 g/mol. The van der Waals surface area contributed by atoms with Crippen molar-refractivity contribution in [2.45, 2.75) is 406 Å². The van der Waals surface area contributed by atoms with Crippen molar-refractivity contribution < 1.29 is 109 Å². The van der Waals surface area contributed by atoms with Crippen LogP contribution in [0.4, 0.5) is 0 Å². The van der Waals surface area contributed by atoms with Crippen molar-refractivity contribution in [1.82, 2.24) is 0 Å². The minimum absolute atomic E-state index is 0. The van der Waals surface area contributed by atoms with E-state index in [0.717, 1.165) is 180 Å². The average Bonchev–Trinajstić information content (AvgIpc) is 1.57. The Bertz CT molecular complexity index is 3690. The molecular formula is C127H216Cl10OSi5Zr5. The summed E-state index contributed by atoms with van der Waals surface area (Å²) in [5.41, 5.74) is 10.3. The number of allylic oxidation sites excluding steroid dienone is 32. The Kier molecular flexibility index (Phi) is 83.6. The molecule has 10 saturated carbocycles. The predicted molar refractivity (Wildman–Crippen MR) is 677 cm³/mol. The first-order valence-electron chi connectivity index (χ1n) is 55.7. The van der Waals surface area contributed by atoms with Crippen LogP contribution >= 0.6 is 85.1 Å². The Balaban J connectivity index is 0. The SMILES string of the molecule is CC(C)(C)OCCCCCC[Si](C)(C1CCCC1)C1C2C=CC=CC2C2C=CC=CC21.CCCCC1CC([Si](C)(C)C2CC(CCCC)C3C=CC=CC32)C2C=CC=CC12.CCCCC1CCC([Si](C)(C)C2CCC(CCCC)C2)C1.C[Si](C)(C1CCC2C=CC=CC21)C1CCC2C=CC=CC21.C[Si](C)(C1CCC2C=CC=CC21)C1CCC2C=CC=CC21.[CH3-].[CH3-].[CH3-].[CH3-].[CH3-].[CH3-].[CH3-].[CH3-].[CH3-].[CH3-].[Cl][Zr+2][Cl].[Cl][Zr+2][Cl].[Cl][Zr+2][Cl].[Cl][Zr+2][Cl].[Cl][Zr+2][Cl]. The van der Waals surface area contributed by atoms with E-state index in [1.165, 1.54) is 193 Å². The molecule has 29 atom stereocenters. The Hall–Kier alpha value is 4.20. The van der Waals surface area contributed by atoms with Crippen molar-refractivity contribution in [2.75, 3.05) is 6.61 Å². The Morgan fingerprint density at radius 3 is 0.804 bits per heavy atom. The van der Waals surface area contributed by atoms with Crippen molar-refractivity contribution in [3.63, 3.8) is 0 Å². The minimum atomic E-state index is -1.40. The van der Waals surface area contributed by atoms with Gasteiger partial charge in [-0.05, 0) is 265 Å². The normalized spacial score (nSPS) is 32.7. The van der Waals surface area contributed by atoms with Gasteiger partial charge in [0.05, 0.1) is 46.0 Å². The molecule has 0 bridgehead atoms. The van der Waals surface area contributed by atoms with E-state index in [1.54, 1.807) is 44.6 Å². The van der Waals surface area contributed by atoms with Gasteiger partial charge in [0, 0.05) is 6.61 Å². The van der Waals surface area contributed by atoms with Gasteiger partial charge in [-0.25, -0.2) is 0 Å². The second-order valence-electron chi connectivity index (χ2n) is 48.8. The third kappa shape index (κ3) is 43.5. The summed E-state index contributed by atoms with van der Waals surface area (Å²) in [5, 5.41) is 0. The van der Waals surface area contributed by atoms with Gasteiger partial charge in [-0.3, -0.25) is 0 Å². The molecule has 0 aromatic carbocycles. The van der Waals surface area contributed by atoms with Gasteiger partial charge in [0.15, 0.2) is 0 Å². The van der Waals surface area contributed by atoms with Gasteiger partial charge in [0.2, 0.25) is 0 Å². The molecule has 1 nitrogen and oxygen atoms in total. The summed E-state index contributed by atoms with van der Waals surface area (Å²) in [4.78, 5) is 0. The Morgan fingerprint density at radius 1 is 0.250 bits per heavy atom. The number of ether oxygens (including phenoxy) is 1. The zero-order valence-corrected chi connectivity index (χ0v) is 123. The van der Waals surface area contributed by atoms with Gasteiger partial charge in [-0.2, -0.15) is 0 Å². The van der Waals surface area contributed by atoms with E-state index in [2.05, 4.69) is 302 Å². The molecule has 18 aliphatic rings. The van der Waals surface area contributed by atoms with Crippen LogP contribution in [0.2, 0.25) is 120 Å². The number of hydrogen-bond acceptors (Lipinski definition) is 1. The van der Waals surface area contributed by atoms with Gasteiger partial charge < -0.3 is 79.0 Å². The fourth-order valence-corrected chi connectivity index (χ4v) is 58.4. The van der Waals surface area contributed by atoms with Crippen molar-refractivity contribution in [3.8, 4) is 0 Å². The van der Waals surface area contributed by atoms with E-state index in [1.807, 2.05) is 0 Å². The number of rotatable bonds is 29. The van der Waals surface area contributed by atoms with Crippen molar-refractivity contribution in [3.05, 3.63) is 269 Å². The summed E-state index contributed by atoms with van der Waals surface area (Å²) >= 11 is -4.13. The molecule has 10 fully saturated rings. The van der Waals surface area contributed by atoms with Crippen molar-refractivity contribution in [2.24, 2.45) is 118 Å². The molecule has 21 heteroatoms. The standard InChI is InChI=1S/C29H46OSi.C28H44Si.2C20H28Si.C20H40Si.10CH3.10ClH.5Zr/c1-29(2,3)30-21-13-5-6-14-22-31(4,23-15-7-8-16-23)28-26-19-11-9-17-24(26)25-18-10-12-20-27(25)28;1-5-7-13-21-19-27(25-17-11-9-15-23(21)25)29(3,4)28-20-22(14-8-6-2)24-16-10-12-18-26(24)28;2*1-21(2,19-13-11-15-7-3-5-9-17(15)19)20-14-12-16-8-4-6-10-18(16)20;1-5-7-9-17-11-13-19(15-17)21(3,4)20-14-12-18(16-20)10-8-6-2;;;;;;;;;;;;;;;;;;;;;;;;;/h9-12,17-20,23-28H,5-8,13-16,21-22H2,1-4H3;9-12,15-18,21-28H,5-8,13-14,19-20H2,1-4H3;2*3-10,15-20H,11-14H2,1-2H3;17-20H,5-16H2,1-4H3;10*1H3;10*1H;;;;;/q;;;;;10*-1;;;;;;;;;;;5*+4/p-10. The summed E-state index contributed by atoms with van der Waals surface area (Å²) in [6, 6.07) is 1.55. The molecule has 0 aromatic heterocycles. The molecule has 0 saturated heterocycles. The van der Waals surface area contributed by atoms with Gasteiger partial charge in [0.1, 0.15) is 0 Å². The molecule has 29 unspecified atom stereocenters. The summed E-state index contributed by atoms with van der Waals surface area (Å²) in [6.45, 7) is 41.6. The van der Waals surface area contributed by atoms with Crippen LogP contribution in [0.5, 0.6) is 0 Å². The number of unbranched alkanes of at least 4 members (excludes halogenated alkanes) is 7. The zero-order chi connectivity index (χ0) is 100. The van der Waals surface area contributed by atoms with Gasteiger partial charge in [0.25, 0.3) is 0 Å². The quantitative estimate of drug-likeness (QED) is 0.0412. The summed E-state index contributed by atoms with van der Waals surface area (Å²) in [6.07, 6.45) is 131. The Labute approximate surface area is 1020 Å². The molecule has 840 valence electrons. The van der Waals surface area contributed by atoms with Crippen LogP contribution in [0.1, 0.15) is 280 Å². The zero-order valence-electron chi connectivity index (χ0n) is 98.4. The maximum atomic E-state index is 5.94. The number of hydrogen-bond donors (Lipinski definition) is 0. The summed E-state index contributed by atoms with van der Waals surface area (Å²) < 4.78 is 5.94. The van der Waals surface area contributed by atoms with Crippen LogP contribution < -0.4 is 0 Å². The van der Waals surface area contributed by atoms with E-state index < -0.39 is 145 Å². The molecule has 0 aliphatic heterocycles. The number of fused-ring (bicyclic) bond motifs is 9. The van der Waals surface area contributed by atoms with Crippen LogP contribution in [-0.2, 0) is 109 Å². The van der Waals surface area contributed by atoms with Gasteiger partial charge in [-0.15, -0.1) is 0 Å². The van der Waals surface area contributed by atoms with E-state index in [-0.39, 0.29) is 79.9 Å². The van der Waals surface area contributed by atoms with Crippen molar-refractivity contribution >= 4 is 125 Å². The first-order chi connectivity index (χ1) is 66.5. The topological polar surface area (TPSA) is 9.23 Å². The maximum absolute atomic E-state index is 5.94. The molecule has 0 amide bonds. The van der Waals surface area contributed by atoms with Crippen LogP contribution in [0.25, 0.3) is 0 Å². The van der Waals surface area contributed by atoms with Crippen LogP contribution in [0.3, 0.4) is 0 Å². The molecule has 148 heavy (non-hydrogen) atoms. The molecule has 0 spiro atoms. The van der Waals surface area contributed by atoms with Gasteiger partial charge >= 0.3 is 189 Å². The average molecular weight is 2710 g/mol. The predicted octanol–water partition coefficient (Wildman–Crippen LogP) is 47.3. The first kappa shape index (κ1) is 154. The fraction of sp³-hybridized carbons (Fsp3) is 0.669. The first-order valence-corrected chi connectivity index (χ1v) is 103. The molecule has 0 heterocycles. The van der Waals surface area contributed by atoms with E-state index in [4.69, 9.17) is 89.9 Å². The third-order valence-electron chi connectivity index (χ3n) is 39.5. The molecule has 18 aliphatic carbocycles. The van der Waals surface area contributed by atoms with Crippen molar-refractivity contribution in [1.29, 1.82) is 0 Å². The van der Waals surface area contributed by atoms with E-state index in [9.17, 15) is 0 Å².